The number of nitrogens with zero attached hydrogens (tertiary/aromatic N) is 4. The zero-order chi connectivity index (χ0) is 25.0. The van der Waals surface area contributed by atoms with Gasteiger partial charge < -0.3 is 26.2 Å². The third kappa shape index (κ3) is 4.07. The predicted molar refractivity (Wildman–Crippen MR) is 135 cm³/mol. The summed E-state index contributed by atoms with van der Waals surface area (Å²) in [6.07, 6.45) is 4.01. The number of hydrogen-bond acceptors (Lipinski definition) is 8. The Bertz CT molecular complexity index is 1200. The van der Waals surface area contributed by atoms with E-state index in [2.05, 4.69) is 37.4 Å². The Morgan fingerprint density at radius 3 is 2.75 bits per heavy atom. The van der Waals surface area contributed by atoms with E-state index < -0.39 is 5.82 Å². The number of rotatable bonds is 2. The molecule has 1 aromatic heterocycles. The van der Waals surface area contributed by atoms with Gasteiger partial charge in [-0.15, -0.1) is 0 Å². The lowest BCUT2D eigenvalue weighted by Crippen LogP contribution is -2.45. The quantitative estimate of drug-likeness (QED) is 0.585. The monoisotopic (exact) mass is 493 g/mol. The van der Waals surface area contributed by atoms with E-state index in [1.54, 1.807) is 0 Å². The Balaban J connectivity index is 1.38. The molecule has 190 valence electrons. The van der Waals surface area contributed by atoms with E-state index >= 15 is 0 Å². The number of halogens is 1. The number of aromatic nitrogens is 2. The largest absolute Gasteiger partial charge is 0.369 e. The molecule has 0 radical (unpaired) electrons. The molecular formula is C26H32FN7O2. The van der Waals surface area contributed by atoms with Crippen LogP contribution >= 0.6 is 0 Å². The number of likely N-dealkylation sites (N-methyl/N-ethyl adjacent to an activating group) is 1. The lowest BCUT2D eigenvalue weighted by Gasteiger charge is -2.36. The van der Waals surface area contributed by atoms with Crippen molar-refractivity contribution in [3.05, 3.63) is 35.8 Å². The average molecular weight is 494 g/mol. The summed E-state index contributed by atoms with van der Waals surface area (Å²) in [4.78, 5) is 39.0. The van der Waals surface area contributed by atoms with Gasteiger partial charge in [0.25, 0.3) is 0 Å². The molecule has 9 nitrogen and oxygen atoms in total. The number of carbonyl (C=O) groups is 2. The maximum Gasteiger partial charge on any atom is 0.229 e. The smallest absolute Gasteiger partial charge is 0.229 e. The Labute approximate surface area is 209 Å². The van der Waals surface area contributed by atoms with Gasteiger partial charge in [-0.25, -0.2) is 9.37 Å². The van der Waals surface area contributed by atoms with E-state index in [1.807, 2.05) is 18.2 Å². The van der Waals surface area contributed by atoms with Crippen LogP contribution in [0.15, 0.2) is 24.4 Å². The van der Waals surface area contributed by atoms with Gasteiger partial charge in [0, 0.05) is 55.6 Å². The van der Waals surface area contributed by atoms with Gasteiger partial charge in [-0.3, -0.25) is 9.59 Å². The molecule has 3 heterocycles. The van der Waals surface area contributed by atoms with Crippen molar-refractivity contribution in [2.75, 3.05) is 48.8 Å². The summed E-state index contributed by atoms with van der Waals surface area (Å²) in [6, 6.07) is 5.46. The van der Waals surface area contributed by atoms with Crippen LogP contribution in [-0.2, 0) is 4.79 Å². The van der Waals surface area contributed by atoms with Crippen LogP contribution in [0.3, 0.4) is 0 Å². The first-order valence-electron chi connectivity index (χ1n) is 12.8. The third-order valence-corrected chi connectivity index (χ3v) is 8.66. The summed E-state index contributed by atoms with van der Waals surface area (Å²) >= 11 is 0. The van der Waals surface area contributed by atoms with Gasteiger partial charge in [-0.1, -0.05) is 0 Å². The zero-order valence-electron chi connectivity index (χ0n) is 20.4. The first-order chi connectivity index (χ1) is 17.4. The number of amides is 1. The summed E-state index contributed by atoms with van der Waals surface area (Å²) in [5.74, 6) is -0.363. The summed E-state index contributed by atoms with van der Waals surface area (Å²) in [5, 5.41) is 6.34. The van der Waals surface area contributed by atoms with Crippen molar-refractivity contribution in [1.29, 1.82) is 0 Å². The molecule has 6 bridgehead atoms. The number of fused-ring (bicyclic) bond motifs is 5. The zero-order valence-corrected chi connectivity index (χ0v) is 20.4. The maximum absolute atomic E-state index is 14.7. The third-order valence-electron chi connectivity index (χ3n) is 8.66. The minimum atomic E-state index is -0.573. The molecule has 5 atom stereocenters. The molecule has 4 aliphatic rings. The molecule has 0 spiro atoms. The van der Waals surface area contributed by atoms with Gasteiger partial charge in [-0.05, 0) is 62.3 Å². The Hall–Kier alpha value is -3.27. The molecule has 36 heavy (non-hydrogen) atoms. The number of benzene rings is 1. The molecule has 0 unspecified atom stereocenters. The standard InChI is InChI=1S/C26H32FN7O2/c1-33-6-8-34(9-7-33)20-4-3-16-12-18(20)21(35)5-2-14-10-15-11-17(14)23(22(15)24(28)36)31-25-19(27)13-29-26(30-16)32-25/h3-4,12-15,17,22-23H,2,5-11H2,1H3,(H2,28,36)(H2,29,30,31,32)/t14-,15+,17-,22+,23-/m1/s1. The first-order valence-corrected chi connectivity index (χ1v) is 12.8. The van der Waals surface area contributed by atoms with Crippen LogP contribution in [0.1, 0.15) is 36.0 Å². The van der Waals surface area contributed by atoms with E-state index in [-0.39, 0.29) is 53.2 Å². The maximum atomic E-state index is 14.7. The highest BCUT2D eigenvalue weighted by Gasteiger charge is 2.54. The Morgan fingerprint density at radius 2 is 1.97 bits per heavy atom. The van der Waals surface area contributed by atoms with Crippen molar-refractivity contribution in [3.63, 3.8) is 0 Å². The van der Waals surface area contributed by atoms with Crippen LogP contribution in [0, 0.1) is 29.5 Å². The molecular weight excluding hydrogens is 461 g/mol. The molecule has 3 fully saturated rings. The van der Waals surface area contributed by atoms with E-state index in [0.717, 1.165) is 57.3 Å². The number of nitrogens with one attached hydrogen (secondary N) is 2. The summed E-state index contributed by atoms with van der Waals surface area (Å²) in [7, 11) is 2.11. The van der Waals surface area contributed by atoms with Crippen LogP contribution in [0.4, 0.5) is 27.5 Å². The van der Waals surface area contributed by atoms with E-state index in [0.29, 0.717) is 17.7 Å². The lowest BCUT2D eigenvalue weighted by atomic mass is 9.75. The fourth-order valence-corrected chi connectivity index (χ4v) is 6.86. The molecule has 1 saturated heterocycles. The number of ketones is 1. The van der Waals surface area contributed by atoms with Crippen LogP contribution in [0.25, 0.3) is 0 Å². The number of nitrogens with two attached hydrogens (primary N) is 1. The highest BCUT2D eigenvalue weighted by Crippen LogP contribution is 2.54. The second-order valence-corrected chi connectivity index (χ2v) is 10.8. The fraction of sp³-hybridized carbons (Fsp3) is 0.538. The minimum absolute atomic E-state index is 0.0671. The van der Waals surface area contributed by atoms with Crippen molar-refractivity contribution < 1.29 is 14.0 Å². The number of hydrogen-bond donors (Lipinski definition) is 3. The molecule has 2 aliphatic heterocycles. The Morgan fingerprint density at radius 1 is 1.17 bits per heavy atom. The van der Waals surface area contributed by atoms with Crippen LogP contribution < -0.4 is 21.3 Å². The molecule has 10 heteroatoms. The highest BCUT2D eigenvalue weighted by atomic mass is 19.1. The van der Waals surface area contributed by atoms with E-state index in [9.17, 15) is 14.0 Å². The van der Waals surface area contributed by atoms with Gasteiger partial charge in [0.1, 0.15) is 0 Å². The average Bonchev–Trinajstić information content (AvgIpc) is 3.43. The molecule has 2 saturated carbocycles. The van der Waals surface area contributed by atoms with E-state index in [4.69, 9.17) is 5.73 Å². The second kappa shape index (κ2) is 8.99. The summed E-state index contributed by atoms with van der Waals surface area (Å²) in [5.41, 5.74) is 8.09. The number of piperazine rings is 1. The highest BCUT2D eigenvalue weighted by molar-refractivity contribution is 6.02. The Kier molecular flexibility index (Phi) is 5.78. The SMILES string of the molecule is CN1CCN(c2ccc3cc2C(=O)CC[C@@H]2C[C@H]4C[C@H]2[C@@H](Nc2nc(ncc2F)N3)[C@H]4C(N)=O)CC1. The fourth-order valence-electron chi connectivity index (χ4n) is 6.86. The van der Waals surface area contributed by atoms with Crippen molar-refractivity contribution in [1.82, 2.24) is 14.9 Å². The van der Waals surface area contributed by atoms with Gasteiger partial charge >= 0.3 is 0 Å². The topological polar surface area (TPSA) is 116 Å². The van der Waals surface area contributed by atoms with Crippen LogP contribution in [0.5, 0.6) is 0 Å². The normalized spacial score (nSPS) is 29.9. The number of carbonyl (C=O) groups excluding carboxylic acids is 2. The van der Waals surface area contributed by atoms with Crippen LogP contribution in [0.2, 0.25) is 0 Å². The van der Waals surface area contributed by atoms with Gasteiger partial charge in [0.05, 0.1) is 12.1 Å². The van der Waals surface area contributed by atoms with Gasteiger partial charge in [0.15, 0.2) is 17.4 Å². The number of primary amides is 1. The van der Waals surface area contributed by atoms with Gasteiger partial charge in [0.2, 0.25) is 11.9 Å². The summed E-state index contributed by atoms with van der Waals surface area (Å²) in [6.45, 7) is 3.62. The lowest BCUT2D eigenvalue weighted by molar-refractivity contribution is -0.123. The van der Waals surface area contributed by atoms with E-state index in [1.165, 1.54) is 0 Å². The van der Waals surface area contributed by atoms with Crippen molar-refractivity contribution >= 4 is 34.8 Å². The van der Waals surface area contributed by atoms with Gasteiger partial charge in [-0.2, -0.15) is 4.98 Å². The number of Topliss-reactive ketones (excluding diaryl/α,β-unsaturated/α-hetero) is 1. The minimum Gasteiger partial charge on any atom is -0.369 e. The molecule has 1 amide bonds. The molecule has 2 aromatic rings. The second-order valence-electron chi connectivity index (χ2n) is 10.8. The summed E-state index contributed by atoms with van der Waals surface area (Å²) < 4.78 is 14.7. The number of anilines is 4. The molecule has 4 N–H and O–H groups in total. The van der Waals surface area contributed by atoms with Crippen LogP contribution in [-0.4, -0.2) is 65.8 Å². The molecule has 6 rings (SSSR count). The van der Waals surface area contributed by atoms with Crippen molar-refractivity contribution in [2.45, 2.75) is 31.7 Å². The first kappa shape index (κ1) is 23.1. The van der Waals surface area contributed by atoms with Crippen molar-refractivity contribution in [2.24, 2.45) is 29.4 Å². The van der Waals surface area contributed by atoms with Crippen molar-refractivity contribution in [3.8, 4) is 0 Å². The molecule has 2 aliphatic carbocycles. The predicted octanol–water partition coefficient (Wildman–Crippen LogP) is 2.63. The molecule has 1 aromatic carbocycles.